The molecule has 0 aliphatic heterocycles. The lowest BCUT2D eigenvalue weighted by Crippen LogP contribution is -2.11. The number of thioether (sulfide) groups is 1. The summed E-state index contributed by atoms with van der Waals surface area (Å²) in [4.78, 5) is 7.93. The summed E-state index contributed by atoms with van der Waals surface area (Å²) < 4.78 is 13.3. The molecule has 4 nitrogen and oxygen atoms in total. The Balaban J connectivity index is 2.59. The van der Waals surface area contributed by atoms with Gasteiger partial charge in [-0.05, 0) is 12.7 Å². The van der Waals surface area contributed by atoms with Crippen molar-refractivity contribution in [1.82, 2.24) is 9.97 Å². The molecule has 0 bridgehead atoms. The minimum absolute atomic E-state index is 0.266. The Hall–Kier alpha value is -1.04. The minimum atomic E-state index is -0.414. The van der Waals surface area contributed by atoms with Crippen LogP contribution in [0.4, 0.5) is 16.2 Å². The Morgan fingerprint density at radius 2 is 2.19 bits per heavy atom. The maximum atomic E-state index is 13.3. The van der Waals surface area contributed by atoms with Gasteiger partial charge in [0.2, 0.25) is 5.95 Å². The fraction of sp³-hybridized carbons (Fsp3) is 0.600. The second-order valence-corrected chi connectivity index (χ2v) is 4.22. The van der Waals surface area contributed by atoms with E-state index in [1.165, 1.54) is 6.20 Å². The SMILES string of the molecule is CCCNc1ncc(F)c(NCCSC)n1. The van der Waals surface area contributed by atoms with E-state index in [1.807, 2.05) is 13.2 Å². The Morgan fingerprint density at radius 3 is 2.88 bits per heavy atom. The van der Waals surface area contributed by atoms with Crippen LogP contribution in [-0.2, 0) is 0 Å². The van der Waals surface area contributed by atoms with Crippen molar-refractivity contribution in [3.8, 4) is 0 Å². The van der Waals surface area contributed by atoms with E-state index in [2.05, 4.69) is 20.6 Å². The third-order valence-corrected chi connectivity index (χ3v) is 2.49. The molecule has 2 N–H and O–H groups in total. The molecule has 0 aromatic carbocycles. The fourth-order valence-electron chi connectivity index (χ4n) is 1.08. The zero-order chi connectivity index (χ0) is 11.8. The summed E-state index contributed by atoms with van der Waals surface area (Å²) in [7, 11) is 0. The number of nitrogens with zero attached hydrogens (tertiary/aromatic N) is 2. The molecule has 0 amide bonds. The van der Waals surface area contributed by atoms with Gasteiger partial charge in [0.1, 0.15) is 0 Å². The lowest BCUT2D eigenvalue weighted by molar-refractivity contribution is 0.617. The van der Waals surface area contributed by atoms with E-state index < -0.39 is 5.82 Å². The number of rotatable bonds is 7. The summed E-state index contributed by atoms with van der Waals surface area (Å²) >= 11 is 1.70. The van der Waals surface area contributed by atoms with Crippen molar-refractivity contribution in [2.45, 2.75) is 13.3 Å². The van der Waals surface area contributed by atoms with Crippen LogP contribution in [-0.4, -0.2) is 35.1 Å². The second-order valence-electron chi connectivity index (χ2n) is 3.24. The van der Waals surface area contributed by atoms with Gasteiger partial charge in [0.15, 0.2) is 11.6 Å². The van der Waals surface area contributed by atoms with E-state index in [-0.39, 0.29) is 5.82 Å². The molecule has 1 heterocycles. The molecule has 0 saturated carbocycles. The molecule has 0 unspecified atom stereocenters. The van der Waals surface area contributed by atoms with Gasteiger partial charge in [0, 0.05) is 18.8 Å². The first kappa shape index (κ1) is 13.0. The molecule has 0 spiro atoms. The molecule has 90 valence electrons. The standard InChI is InChI=1S/C10H17FN4S/c1-3-4-13-10-14-7-8(11)9(15-10)12-5-6-16-2/h7H,3-6H2,1-2H3,(H2,12,13,14,15). The van der Waals surface area contributed by atoms with Gasteiger partial charge < -0.3 is 10.6 Å². The van der Waals surface area contributed by atoms with Crippen molar-refractivity contribution in [2.24, 2.45) is 0 Å². The zero-order valence-electron chi connectivity index (χ0n) is 9.59. The van der Waals surface area contributed by atoms with Crippen LogP contribution in [0.15, 0.2) is 6.20 Å². The Labute approximate surface area is 99.4 Å². The van der Waals surface area contributed by atoms with Gasteiger partial charge in [-0.15, -0.1) is 0 Å². The Bertz CT molecular complexity index is 322. The zero-order valence-corrected chi connectivity index (χ0v) is 10.4. The number of aromatic nitrogens is 2. The molecule has 16 heavy (non-hydrogen) atoms. The highest BCUT2D eigenvalue weighted by molar-refractivity contribution is 7.98. The molecule has 1 aromatic rings. The monoisotopic (exact) mass is 244 g/mol. The molecular formula is C10H17FN4S. The third-order valence-electron chi connectivity index (χ3n) is 1.88. The summed E-state index contributed by atoms with van der Waals surface area (Å²) in [5.74, 6) is 1.24. The number of nitrogens with one attached hydrogen (secondary N) is 2. The maximum Gasteiger partial charge on any atom is 0.224 e. The lowest BCUT2D eigenvalue weighted by atomic mass is 10.5. The summed E-state index contributed by atoms with van der Waals surface area (Å²) in [6.07, 6.45) is 4.18. The molecule has 1 rings (SSSR count). The van der Waals surface area contributed by atoms with Crippen LogP contribution in [0.2, 0.25) is 0 Å². The van der Waals surface area contributed by atoms with Gasteiger partial charge in [-0.25, -0.2) is 9.37 Å². The quantitative estimate of drug-likeness (QED) is 0.720. The molecule has 0 atom stereocenters. The predicted octanol–water partition coefficient (Wildman–Crippen LogP) is 2.21. The van der Waals surface area contributed by atoms with E-state index in [0.717, 1.165) is 18.7 Å². The van der Waals surface area contributed by atoms with E-state index in [1.54, 1.807) is 11.8 Å². The van der Waals surface area contributed by atoms with E-state index in [0.29, 0.717) is 12.5 Å². The summed E-state index contributed by atoms with van der Waals surface area (Å²) in [5, 5.41) is 5.96. The van der Waals surface area contributed by atoms with Crippen LogP contribution in [0.3, 0.4) is 0 Å². The Kier molecular flexibility index (Phi) is 5.92. The van der Waals surface area contributed by atoms with Crippen LogP contribution in [0.25, 0.3) is 0 Å². The number of anilines is 2. The largest absolute Gasteiger partial charge is 0.367 e. The van der Waals surface area contributed by atoms with Crippen molar-refractivity contribution >= 4 is 23.5 Å². The first-order valence-corrected chi connectivity index (χ1v) is 6.66. The van der Waals surface area contributed by atoms with Gasteiger partial charge in [-0.2, -0.15) is 16.7 Å². The first-order chi connectivity index (χ1) is 7.77. The maximum absolute atomic E-state index is 13.3. The van der Waals surface area contributed by atoms with Crippen molar-refractivity contribution in [2.75, 3.05) is 35.7 Å². The van der Waals surface area contributed by atoms with E-state index in [4.69, 9.17) is 0 Å². The highest BCUT2D eigenvalue weighted by Crippen LogP contribution is 2.11. The number of hydrogen-bond acceptors (Lipinski definition) is 5. The molecule has 0 radical (unpaired) electrons. The van der Waals surface area contributed by atoms with Gasteiger partial charge in [0.05, 0.1) is 6.20 Å². The first-order valence-electron chi connectivity index (χ1n) is 5.27. The van der Waals surface area contributed by atoms with Crippen LogP contribution in [0.1, 0.15) is 13.3 Å². The van der Waals surface area contributed by atoms with E-state index >= 15 is 0 Å². The molecule has 0 aliphatic carbocycles. The van der Waals surface area contributed by atoms with Crippen molar-refractivity contribution in [1.29, 1.82) is 0 Å². The molecule has 0 aliphatic rings. The molecule has 0 saturated heterocycles. The second kappa shape index (κ2) is 7.27. The van der Waals surface area contributed by atoms with Gasteiger partial charge in [-0.1, -0.05) is 6.92 Å². The van der Waals surface area contributed by atoms with Gasteiger partial charge in [0.25, 0.3) is 0 Å². The average molecular weight is 244 g/mol. The van der Waals surface area contributed by atoms with E-state index in [9.17, 15) is 4.39 Å². The predicted molar refractivity (Wildman–Crippen MR) is 67.6 cm³/mol. The third kappa shape index (κ3) is 4.22. The van der Waals surface area contributed by atoms with Crippen molar-refractivity contribution in [3.05, 3.63) is 12.0 Å². The summed E-state index contributed by atoms with van der Waals surface area (Å²) in [6, 6.07) is 0. The van der Waals surface area contributed by atoms with Gasteiger partial charge in [-0.3, -0.25) is 0 Å². The average Bonchev–Trinajstić information content (AvgIpc) is 2.30. The Morgan fingerprint density at radius 1 is 1.38 bits per heavy atom. The molecule has 1 aromatic heterocycles. The lowest BCUT2D eigenvalue weighted by Gasteiger charge is -2.08. The number of hydrogen-bond donors (Lipinski definition) is 2. The summed E-state index contributed by atoms with van der Waals surface area (Å²) in [6.45, 7) is 3.53. The van der Waals surface area contributed by atoms with Gasteiger partial charge >= 0.3 is 0 Å². The molecule has 6 heteroatoms. The van der Waals surface area contributed by atoms with Crippen molar-refractivity contribution < 1.29 is 4.39 Å². The molecule has 0 fully saturated rings. The minimum Gasteiger partial charge on any atom is -0.367 e. The van der Waals surface area contributed by atoms with Crippen LogP contribution in [0.5, 0.6) is 0 Å². The fourth-order valence-corrected chi connectivity index (χ4v) is 1.39. The van der Waals surface area contributed by atoms with Crippen molar-refractivity contribution in [3.63, 3.8) is 0 Å². The topological polar surface area (TPSA) is 49.8 Å². The highest BCUT2D eigenvalue weighted by atomic mass is 32.2. The number of halogens is 1. The van der Waals surface area contributed by atoms with Crippen LogP contribution >= 0.6 is 11.8 Å². The molecular weight excluding hydrogens is 227 g/mol. The smallest absolute Gasteiger partial charge is 0.224 e. The summed E-state index contributed by atoms with van der Waals surface area (Å²) in [5.41, 5.74) is 0. The van der Waals surface area contributed by atoms with Crippen LogP contribution < -0.4 is 10.6 Å². The highest BCUT2D eigenvalue weighted by Gasteiger charge is 2.05. The van der Waals surface area contributed by atoms with Crippen LogP contribution in [0, 0.1) is 5.82 Å². The normalized spacial score (nSPS) is 10.2.